The van der Waals surface area contributed by atoms with Crippen molar-refractivity contribution in [1.82, 2.24) is 15.0 Å². The monoisotopic (exact) mass is 383 g/mol. The molecule has 0 radical (unpaired) electrons. The van der Waals surface area contributed by atoms with Crippen molar-refractivity contribution in [2.45, 2.75) is 39.8 Å². The molecule has 0 fully saturated rings. The standard InChI is InChI=1S/C21H22ClN3O2/c1-14-10-11-16(12-17(14)22)20(26)25(21(2,3)4)13-18-23-19(24-27-18)15-8-6-5-7-9-15/h5-12H,13H2,1-4H3. The second kappa shape index (κ2) is 7.53. The average Bonchev–Trinajstić information content (AvgIpc) is 3.10. The van der Waals surface area contributed by atoms with E-state index in [2.05, 4.69) is 10.1 Å². The van der Waals surface area contributed by atoms with Crippen LogP contribution in [0.25, 0.3) is 11.4 Å². The van der Waals surface area contributed by atoms with Crippen LogP contribution in [-0.4, -0.2) is 26.5 Å². The normalized spacial score (nSPS) is 11.4. The Balaban J connectivity index is 1.87. The fourth-order valence-corrected chi connectivity index (χ4v) is 2.83. The molecule has 0 aliphatic carbocycles. The maximum absolute atomic E-state index is 13.1. The van der Waals surface area contributed by atoms with Gasteiger partial charge in [0.2, 0.25) is 11.7 Å². The van der Waals surface area contributed by atoms with Gasteiger partial charge in [0.1, 0.15) is 6.54 Å². The Kier molecular flexibility index (Phi) is 5.33. The van der Waals surface area contributed by atoms with Crippen LogP contribution in [0.1, 0.15) is 42.6 Å². The number of aromatic nitrogens is 2. The molecule has 0 N–H and O–H groups in total. The van der Waals surface area contributed by atoms with Gasteiger partial charge in [-0.15, -0.1) is 0 Å². The Morgan fingerprint density at radius 3 is 2.48 bits per heavy atom. The number of carbonyl (C=O) groups is 1. The third-order valence-corrected chi connectivity index (χ3v) is 4.67. The van der Waals surface area contributed by atoms with Crippen molar-refractivity contribution < 1.29 is 9.32 Å². The minimum Gasteiger partial charge on any atom is -0.337 e. The number of halogens is 1. The van der Waals surface area contributed by atoms with Gasteiger partial charge in [-0.1, -0.05) is 53.2 Å². The van der Waals surface area contributed by atoms with E-state index in [1.807, 2.05) is 64.1 Å². The van der Waals surface area contributed by atoms with Crippen LogP contribution in [0.3, 0.4) is 0 Å². The highest BCUT2D eigenvalue weighted by atomic mass is 35.5. The average molecular weight is 384 g/mol. The van der Waals surface area contributed by atoms with Crippen LogP contribution in [0.5, 0.6) is 0 Å². The molecule has 6 heteroatoms. The molecule has 1 heterocycles. The predicted octanol–water partition coefficient (Wildman–Crippen LogP) is 5.14. The largest absolute Gasteiger partial charge is 0.337 e. The van der Waals surface area contributed by atoms with Crippen LogP contribution in [0, 0.1) is 6.92 Å². The van der Waals surface area contributed by atoms with E-state index < -0.39 is 5.54 Å². The lowest BCUT2D eigenvalue weighted by atomic mass is 10.0. The number of carbonyl (C=O) groups excluding carboxylic acids is 1. The summed E-state index contributed by atoms with van der Waals surface area (Å²) in [4.78, 5) is 19.3. The van der Waals surface area contributed by atoms with Gasteiger partial charge < -0.3 is 9.42 Å². The molecule has 0 aliphatic rings. The Morgan fingerprint density at radius 2 is 1.85 bits per heavy atom. The first-order valence-corrected chi connectivity index (χ1v) is 9.09. The van der Waals surface area contributed by atoms with E-state index in [9.17, 15) is 4.79 Å². The number of rotatable bonds is 4. The molecular formula is C21H22ClN3O2. The van der Waals surface area contributed by atoms with E-state index >= 15 is 0 Å². The van der Waals surface area contributed by atoms with Crippen molar-refractivity contribution in [3.05, 3.63) is 70.6 Å². The SMILES string of the molecule is Cc1ccc(C(=O)N(Cc2nc(-c3ccccc3)no2)C(C)(C)C)cc1Cl. The molecule has 1 aromatic heterocycles. The van der Waals surface area contributed by atoms with Gasteiger partial charge in [0.15, 0.2) is 0 Å². The zero-order valence-electron chi connectivity index (χ0n) is 15.9. The molecule has 1 amide bonds. The second-order valence-corrected chi connectivity index (χ2v) is 7.81. The second-order valence-electron chi connectivity index (χ2n) is 7.40. The van der Waals surface area contributed by atoms with Gasteiger partial charge in [-0.25, -0.2) is 0 Å². The molecular weight excluding hydrogens is 362 g/mol. The number of benzene rings is 2. The Labute approximate surface area is 164 Å². The summed E-state index contributed by atoms with van der Waals surface area (Å²) >= 11 is 6.20. The fourth-order valence-electron chi connectivity index (χ4n) is 2.65. The summed E-state index contributed by atoms with van der Waals surface area (Å²) in [5.41, 5.74) is 1.89. The summed E-state index contributed by atoms with van der Waals surface area (Å²) in [6, 6.07) is 14.9. The van der Waals surface area contributed by atoms with E-state index in [1.165, 1.54) is 0 Å². The maximum Gasteiger partial charge on any atom is 0.254 e. The van der Waals surface area contributed by atoms with E-state index in [4.69, 9.17) is 16.1 Å². The molecule has 3 rings (SSSR count). The summed E-state index contributed by atoms with van der Waals surface area (Å²) in [6.07, 6.45) is 0. The van der Waals surface area contributed by atoms with Crippen molar-refractivity contribution >= 4 is 17.5 Å². The lowest BCUT2D eigenvalue weighted by Gasteiger charge is -2.34. The molecule has 0 spiro atoms. The molecule has 5 nitrogen and oxygen atoms in total. The van der Waals surface area contributed by atoms with Gasteiger partial charge in [-0.2, -0.15) is 4.98 Å². The van der Waals surface area contributed by atoms with Crippen LogP contribution in [0.15, 0.2) is 53.1 Å². The number of amides is 1. The van der Waals surface area contributed by atoms with Crippen molar-refractivity contribution in [2.24, 2.45) is 0 Å². The van der Waals surface area contributed by atoms with Crippen LogP contribution in [-0.2, 0) is 6.54 Å². The molecule has 0 saturated carbocycles. The Morgan fingerprint density at radius 1 is 1.15 bits per heavy atom. The van der Waals surface area contributed by atoms with E-state index in [-0.39, 0.29) is 12.5 Å². The zero-order valence-corrected chi connectivity index (χ0v) is 16.6. The number of aryl methyl sites for hydroxylation is 1. The first-order valence-electron chi connectivity index (χ1n) is 8.72. The highest BCUT2D eigenvalue weighted by Gasteiger charge is 2.29. The van der Waals surface area contributed by atoms with Gasteiger partial charge in [0, 0.05) is 21.7 Å². The van der Waals surface area contributed by atoms with Crippen LogP contribution >= 0.6 is 11.6 Å². The molecule has 0 aliphatic heterocycles. The van der Waals surface area contributed by atoms with E-state index in [0.717, 1.165) is 11.1 Å². The van der Waals surface area contributed by atoms with Crippen molar-refractivity contribution in [2.75, 3.05) is 0 Å². The highest BCUT2D eigenvalue weighted by Crippen LogP contribution is 2.24. The van der Waals surface area contributed by atoms with Gasteiger partial charge in [0.25, 0.3) is 5.91 Å². The quantitative estimate of drug-likeness (QED) is 0.625. The number of hydrogen-bond acceptors (Lipinski definition) is 4. The predicted molar refractivity (Wildman–Crippen MR) is 106 cm³/mol. The lowest BCUT2D eigenvalue weighted by Crippen LogP contribution is -2.45. The Bertz CT molecular complexity index is 946. The first kappa shape index (κ1) is 19.1. The minimum atomic E-state index is -0.435. The van der Waals surface area contributed by atoms with Gasteiger partial charge >= 0.3 is 0 Å². The highest BCUT2D eigenvalue weighted by molar-refractivity contribution is 6.31. The van der Waals surface area contributed by atoms with E-state index in [1.54, 1.807) is 17.0 Å². The summed E-state index contributed by atoms with van der Waals surface area (Å²) < 4.78 is 5.39. The maximum atomic E-state index is 13.1. The number of nitrogens with zero attached hydrogens (tertiary/aromatic N) is 3. The van der Waals surface area contributed by atoms with Crippen molar-refractivity contribution in [3.63, 3.8) is 0 Å². The number of hydrogen-bond donors (Lipinski definition) is 0. The molecule has 2 aromatic carbocycles. The molecule has 27 heavy (non-hydrogen) atoms. The summed E-state index contributed by atoms with van der Waals surface area (Å²) in [6.45, 7) is 8.02. The van der Waals surface area contributed by atoms with Crippen LogP contribution < -0.4 is 0 Å². The van der Waals surface area contributed by atoms with Crippen LogP contribution in [0.4, 0.5) is 0 Å². The zero-order chi connectivity index (χ0) is 19.6. The smallest absolute Gasteiger partial charge is 0.254 e. The molecule has 0 atom stereocenters. The van der Waals surface area contributed by atoms with E-state index in [0.29, 0.717) is 22.3 Å². The molecule has 3 aromatic rings. The Hall–Kier alpha value is -2.66. The molecule has 140 valence electrons. The fraction of sp³-hybridized carbons (Fsp3) is 0.286. The summed E-state index contributed by atoms with van der Waals surface area (Å²) in [5, 5.41) is 4.60. The van der Waals surface area contributed by atoms with Crippen molar-refractivity contribution in [3.8, 4) is 11.4 Å². The lowest BCUT2D eigenvalue weighted by molar-refractivity contribution is 0.0526. The molecule has 0 saturated heterocycles. The molecule has 0 bridgehead atoms. The van der Waals surface area contributed by atoms with Gasteiger partial charge in [0.05, 0.1) is 0 Å². The first-order chi connectivity index (χ1) is 12.8. The van der Waals surface area contributed by atoms with Crippen LogP contribution in [0.2, 0.25) is 5.02 Å². The summed E-state index contributed by atoms with van der Waals surface area (Å²) in [7, 11) is 0. The topological polar surface area (TPSA) is 59.2 Å². The minimum absolute atomic E-state index is 0.135. The molecule has 0 unspecified atom stereocenters. The van der Waals surface area contributed by atoms with Gasteiger partial charge in [-0.3, -0.25) is 4.79 Å². The van der Waals surface area contributed by atoms with Crippen molar-refractivity contribution in [1.29, 1.82) is 0 Å². The third-order valence-electron chi connectivity index (χ3n) is 4.27. The summed E-state index contributed by atoms with van der Waals surface area (Å²) in [5.74, 6) is 0.754. The third kappa shape index (κ3) is 4.37. The van der Waals surface area contributed by atoms with Gasteiger partial charge in [-0.05, 0) is 45.4 Å².